The Hall–Kier alpha value is -1.72. The molecule has 0 aliphatic rings. The number of benzene rings is 1. The van der Waals surface area contributed by atoms with E-state index in [1.807, 2.05) is 11.4 Å². The van der Waals surface area contributed by atoms with E-state index in [2.05, 4.69) is 18.3 Å². The molecule has 1 atom stereocenters. The molecule has 0 amide bonds. The van der Waals surface area contributed by atoms with Crippen molar-refractivity contribution in [3.63, 3.8) is 0 Å². The molecule has 0 aliphatic carbocycles. The third-order valence-electron chi connectivity index (χ3n) is 3.22. The van der Waals surface area contributed by atoms with Crippen LogP contribution in [0.4, 0.5) is 0 Å². The van der Waals surface area contributed by atoms with Crippen molar-refractivity contribution in [2.45, 2.75) is 32.4 Å². The standard InChI is InChI=1S/C15H19NO3S/c1-2-4-11(13-5-3-8-20-13)16-9-10-6-7-12(17)15(19)14(10)18/h3,5-8,11,16-19H,2,4,9H2,1H3. The van der Waals surface area contributed by atoms with Gasteiger partial charge in [-0.2, -0.15) is 0 Å². The van der Waals surface area contributed by atoms with Crippen molar-refractivity contribution in [3.05, 3.63) is 40.1 Å². The maximum atomic E-state index is 9.80. The summed E-state index contributed by atoms with van der Waals surface area (Å²) in [6.07, 6.45) is 2.06. The van der Waals surface area contributed by atoms with E-state index in [4.69, 9.17) is 0 Å². The normalized spacial score (nSPS) is 12.4. The lowest BCUT2D eigenvalue weighted by Crippen LogP contribution is -2.20. The van der Waals surface area contributed by atoms with Crippen LogP contribution in [0.1, 0.15) is 36.2 Å². The minimum Gasteiger partial charge on any atom is -0.504 e. The van der Waals surface area contributed by atoms with Gasteiger partial charge in [0.15, 0.2) is 11.5 Å². The van der Waals surface area contributed by atoms with Crippen molar-refractivity contribution >= 4 is 11.3 Å². The van der Waals surface area contributed by atoms with E-state index in [1.54, 1.807) is 17.4 Å². The number of hydrogen-bond acceptors (Lipinski definition) is 5. The highest BCUT2D eigenvalue weighted by molar-refractivity contribution is 7.10. The quantitative estimate of drug-likeness (QED) is 0.615. The molecule has 5 heteroatoms. The number of rotatable bonds is 6. The maximum Gasteiger partial charge on any atom is 0.200 e. The van der Waals surface area contributed by atoms with Gasteiger partial charge >= 0.3 is 0 Å². The Morgan fingerprint density at radius 2 is 1.95 bits per heavy atom. The zero-order valence-electron chi connectivity index (χ0n) is 11.3. The van der Waals surface area contributed by atoms with Gasteiger partial charge in [0.2, 0.25) is 5.75 Å². The summed E-state index contributed by atoms with van der Waals surface area (Å²) in [4.78, 5) is 1.26. The van der Waals surface area contributed by atoms with Crippen LogP contribution < -0.4 is 5.32 Å². The zero-order chi connectivity index (χ0) is 14.5. The highest BCUT2D eigenvalue weighted by atomic mass is 32.1. The molecule has 20 heavy (non-hydrogen) atoms. The zero-order valence-corrected chi connectivity index (χ0v) is 12.2. The van der Waals surface area contributed by atoms with Crippen LogP contribution in [0.3, 0.4) is 0 Å². The van der Waals surface area contributed by atoms with Gasteiger partial charge in [-0.15, -0.1) is 11.3 Å². The monoisotopic (exact) mass is 293 g/mol. The molecule has 0 fully saturated rings. The lowest BCUT2D eigenvalue weighted by molar-refractivity contribution is 0.363. The first-order valence-electron chi connectivity index (χ1n) is 6.63. The molecule has 1 aromatic heterocycles. The Morgan fingerprint density at radius 3 is 2.60 bits per heavy atom. The number of thiophene rings is 1. The van der Waals surface area contributed by atoms with Gasteiger partial charge in [0, 0.05) is 23.0 Å². The molecule has 0 bridgehead atoms. The fraction of sp³-hybridized carbons (Fsp3) is 0.333. The molecule has 1 unspecified atom stereocenters. The van der Waals surface area contributed by atoms with Crippen LogP contribution >= 0.6 is 11.3 Å². The van der Waals surface area contributed by atoms with Gasteiger partial charge in [-0.1, -0.05) is 25.5 Å². The van der Waals surface area contributed by atoms with Crippen LogP contribution in [0.5, 0.6) is 17.2 Å². The topological polar surface area (TPSA) is 72.7 Å². The van der Waals surface area contributed by atoms with Crippen LogP contribution in [0.15, 0.2) is 29.6 Å². The third-order valence-corrected chi connectivity index (χ3v) is 4.20. The summed E-state index contributed by atoms with van der Waals surface area (Å²) in [6, 6.07) is 7.33. The minimum atomic E-state index is -0.465. The van der Waals surface area contributed by atoms with Gasteiger partial charge in [-0.25, -0.2) is 0 Å². The molecule has 0 saturated heterocycles. The van der Waals surface area contributed by atoms with Gasteiger partial charge in [-0.3, -0.25) is 0 Å². The first-order chi connectivity index (χ1) is 9.63. The summed E-state index contributed by atoms with van der Waals surface area (Å²) < 4.78 is 0. The summed E-state index contributed by atoms with van der Waals surface area (Å²) in [7, 11) is 0. The second-order valence-corrected chi connectivity index (χ2v) is 5.66. The van der Waals surface area contributed by atoms with E-state index >= 15 is 0 Å². The van der Waals surface area contributed by atoms with Gasteiger partial charge in [0.25, 0.3) is 0 Å². The number of phenolic OH excluding ortho intramolecular Hbond substituents is 3. The number of nitrogens with one attached hydrogen (secondary N) is 1. The molecule has 0 radical (unpaired) electrons. The second kappa shape index (κ2) is 6.63. The molecule has 0 aliphatic heterocycles. The Kier molecular flexibility index (Phi) is 4.87. The van der Waals surface area contributed by atoms with Crippen molar-refractivity contribution in [2.75, 3.05) is 0 Å². The van der Waals surface area contributed by atoms with Crippen LogP contribution in [0.2, 0.25) is 0 Å². The Labute approximate surface area is 122 Å². The van der Waals surface area contributed by atoms with E-state index in [1.165, 1.54) is 10.9 Å². The van der Waals surface area contributed by atoms with Gasteiger partial charge in [-0.05, 0) is 23.9 Å². The fourth-order valence-electron chi connectivity index (χ4n) is 2.11. The Balaban J connectivity index is 2.08. The lowest BCUT2D eigenvalue weighted by Gasteiger charge is -2.17. The van der Waals surface area contributed by atoms with Crippen LogP contribution in [-0.2, 0) is 6.54 Å². The van der Waals surface area contributed by atoms with Crippen molar-refractivity contribution in [1.29, 1.82) is 0 Å². The average molecular weight is 293 g/mol. The van der Waals surface area contributed by atoms with E-state index < -0.39 is 5.75 Å². The molecule has 1 aromatic carbocycles. The highest BCUT2D eigenvalue weighted by Crippen LogP contribution is 2.37. The molecule has 4 N–H and O–H groups in total. The van der Waals surface area contributed by atoms with Crippen molar-refractivity contribution in [1.82, 2.24) is 5.32 Å². The first kappa shape index (κ1) is 14.7. The molecule has 4 nitrogen and oxygen atoms in total. The van der Waals surface area contributed by atoms with Crippen molar-refractivity contribution in [3.8, 4) is 17.2 Å². The van der Waals surface area contributed by atoms with Crippen molar-refractivity contribution < 1.29 is 15.3 Å². The van der Waals surface area contributed by atoms with Crippen LogP contribution in [0.25, 0.3) is 0 Å². The summed E-state index contributed by atoms with van der Waals surface area (Å²) in [6.45, 7) is 2.56. The summed E-state index contributed by atoms with van der Waals surface area (Å²) in [5, 5.41) is 34.1. The van der Waals surface area contributed by atoms with Crippen molar-refractivity contribution in [2.24, 2.45) is 0 Å². The SMILES string of the molecule is CCCC(NCc1ccc(O)c(O)c1O)c1cccs1. The summed E-state index contributed by atoms with van der Waals surface area (Å²) in [5.74, 6) is -1.04. The smallest absolute Gasteiger partial charge is 0.200 e. The van der Waals surface area contributed by atoms with Crippen LogP contribution in [0, 0.1) is 0 Å². The number of phenols is 3. The van der Waals surface area contributed by atoms with E-state index in [0.717, 1.165) is 12.8 Å². The largest absolute Gasteiger partial charge is 0.504 e. The molecule has 2 aromatic rings. The predicted octanol–water partition coefficient (Wildman–Crippen LogP) is 3.50. The minimum absolute atomic E-state index is 0.232. The first-order valence-corrected chi connectivity index (χ1v) is 7.51. The maximum absolute atomic E-state index is 9.80. The summed E-state index contributed by atoms with van der Waals surface area (Å²) in [5.41, 5.74) is 0.568. The average Bonchev–Trinajstić information content (AvgIpc) is 2.96. The molecule has 0 spiro atoms. The molecule has 1 heterocycles. The van der Waals surface area contributed by atoms with Gasteiger partial charge in [0.1, 0.15) is 0 Å². The third kappa shape index (κ3) is 3.23. The lowest BCUT2D eigenvalue weighted by atomic mass is 10.1. The van der Waals surface area contributed by atoms with Gasteiger partial charge < -0.3 is 20.6 Å². The predicted molar refractivity (Wildman–Crippen MR) is 80.2 cm³/mol. The molecule has 108 valence electrons. The fourth-order valence-corrected chi connectivity index (χ4v) is 2.95. The number of hydrogen-bond donors (Lipinski definition) is 4. The van der Waals surface area contributed by atoms with E-state index in [0.29, 0.717) is 12.1 Å². The number of aromatic hydroxyl groups is 3. The molecular weight excluding hydrogens is 274 g/mol. The van der Waals surface area contributed by atoms with Crippen LogP contribution in [-0.4, -0.2) is 15.3 Å². The molecular formula is C15H19NO3S. The molecule has 0 saturated carbocycles. The van der Waals surface area contributed by atoms with E-state index in [9.17, 15) is 15.3 Å². The highest BCUT2D eigenvalue weighted by Gasteiger charge is 2.14. The van der Waals surface area contributed by atoms with E-state index in [-0.39, 0.29) is 17.5 Å². The van der Waals surface area contributed by atoms with Gasteiger partial charge in [0.05, 0.1) is 0 Å². The Bertz CT molecular complexity index is 554. The molecule has 2 rings (SSSR count). The second-order valence-electron chi connectivity index (χ2n) is 4.68. The summed E-state index contributed by atoms with van der Waals surface area (Å²) >= 11 is 1.70. The Morgan fingerprint density at radius 1 is 1.15 bits per heavy atom.